The van der Waals surface area contributed by atoms with E-state index in [2.05, 4.69) is 15.6 Å². The van der Waals surface area contributed by atoms with Crippen LogP contribution in [0.4, 0.5) is 10.7 Å². The van der Waals surface area contributed by atoms with E-state index in [0.717, 1.165) is 4.88 Å². The van der Waals surface area contributed by atoms with Crippen LogP contribution in [0.15, 0.2) is 18.3 Å². The Morgan fingerprint density at radius 3 is 2.64 bits per heavy atom. The summed E-state index contributed by atoms with van der Waals surface area (Å²) in [5, 5.41) is 5.65. The number of aromatic nitrogens is 1. The molecule has 0 aromatic carbocycles. The number of hydrogen-bond donors (Lipinski definition) is 2. The van der Waals surface area contributed by atoms with E-state index in [4.69, 9.17) is 16.3 Å². The number of halogens is 1. The molecule has 2 heterocycles. The Hall–Kier alpha value is -2.45. The predicted molar refractivity (Wildman–Crippen MR) is 96.3 cm³/mol. The van der Waals surface area contributed by atoms with Gasteiger partial charge in [-0.1, -0.05) is 11.6 Å². The molecular weight excluding hydrogens is 366 g/mol. The summed E-state index contributed by atoms with van der Waals surface area (Å²) in [7, 11) is 0. The lowest BCUT2D eigenvalue weighted by Gasteiger charge is -2.08. The number of thiophene rings is 1. The second-order valence-corrected chi connectivity index (χ2v) is 6.72. The number of amides is 2. The monoisotopic (exact) mass is 381 g/mol. The Balaban J connectivity index is 2.04. The molecule has 25 heavy (non-hydrogen) atoms. The lowest BCUT2D eigenvalue weighted by Crippen LogP contribution is -2.22. The molecule has 0 aliphatic heterocycles. The van der Waals surface area contributed by atoms with Gasteiger partial charge in [0.25, 0.3) is 5.91 Å². The Morgan fingerprint density at radius 2 is 2.00 bits per heavy atom. The van der Waals surface area contributed by atoms with Crippen molar-refractivity contribution in [2.45, 2.75) is 20.8 Å². The molecule has 0 radical (unpaired) electrons. The second kappa shape index (κ2) is 8.09. The molecule has 7 nitrogen and oxygen atoms in total. The van der Waals surface area contributed by atoms with Crippen molar-refractivity contribution in [1.29, 1.82) is 0 Å². The highest BCUT2D eigenvalue weighted by molar-refractivity contribution is 7.16. The summed E-state index contributed by atoms with van der Waals surface area (Å²) in [6, 6.07) is 3.20. The van der Waals surface area contributed by atoms with E-state index in [9.17, 15) is 14.4 Å². The van der Waals surface area contributed by atoms with E-state index >= 15 is 0 Å². The smallest absolute Gasteiger partial charge is 0.341 e. The molecule has 2 rings (SSSR count). The first-order valence-corrected chi connectivity index (χ1v) is 8.44. The van der Waals surface area contributed by atoms with E-state index in [1.54, 1.807) is 19.1 Å². The number of carbonyl (C=O) groups is 3. The molecule has 0 saturated carbocycles. The van der Waals surface area contributed by atoms with Crippen molar-refractivity contribution in [2.75, 3.05) is 17.2 Å². The fraction of sp³-hybridized carbons (Fsp3) is 0.250. The number of carbonyl (C=O) groups excluding carboxylic acids is 3. The first kappa shape index (κ1) is 18.9. The molecule has 0 spiro atoms. The van der Waals surface area contributed by atoms with Crippen molar-refractivity contribution in [3.8, 4) is 0 Å². The lowest BCUT2D eigenvalue weighted by molar-refractivity contribution is -0.119. The number of anilines is 2. The van der Waals surface area contributed by atoms with Gasteiger partial charge in [0.1, 0.15) is 5.00 Å². The maximum absolute atomic E-state index is 12.3. The van der Waals surface area contributed by atoms with E-state index < -0.39 is 18.5 Å². The molecule has 0 saturated heterocycles. The minimum absolute atomic E-state index is 0.138. The fourth-order valence-corrected chi connectivity index (χ4v) is 3.25. The summed E-state index contributed by atoms with van der Waals surface area (Å²) < 4.78 is 5.06. The van der Waals surface area contributed by atoms with E-state index in [1.165, 1.54) is 24.5 Å². The van der Waals surface area contributed by atoms with E-state index in [1.807, 2.05) is 6.92 Å². The third-order valence-electron chi connectivity index (χ3n) is 3.25. The van der Waals surface area contributed by atoms with Crippen LogP contribution in [0, 0.1) is 13.8 Å². The third kappa shape index (κ3) is 4.77. The van der Waals surface area contributed by atoms with Crippen molar-refractivity contribution >= 4 is 51.4 Å². The molecular formula is C16H16ClN3O4S. The van der Waals surface area contributed by atoms with E-state index in [0.29, 0.717) is 16.3 Å². The highest BCUT2D eigenvalue weighted by Gasteiger charge is 2.22. The maximum atomic E-state index is 12.3. The number of ether oxygens (including phenoxy) is 1. The van der Waals surface area contributed by atoms with Gasteiger partial charge in [-0.15, -0.1) is 11.3 Å². The Morgan fingerprint density at radius 1 is 1.28 bits per heavy atom. The Labute approximate surface area is 153 Å². The highest BCUT2D eigenvalue weighted by Crippen LogP contribution is 2.33. The molecule has 0 unspecified atom stereocenters. The van der Waals surface area contributed by atoms with Gasteiger partial charge in [-0.3, -0.25) is 9.59 Å². The normalized spacial score (nSPS) is 10.2. The Kier molecular flexibility index (Phi) is 6.11. The number of nitrogens with one attached hydrogen (secondary N) is 2. The van der Waals surface area contributed by atoms with Crippen LogP contribution >= 0.6 is 22.9 Å². The molecule has 132 valence electrons. The van der Waals surface area contributed by atoms with Crippen LogP contribution in [0.2, 0.25) is 5.15 Å². The SMILES string of the molecule is CC(=O)Nc1sc(C)c(C)c1C(=O)OCC(=O)Nc1cccnc1Cl. The number of pyridine rings is 1. The molecule has 0 bridgehead atoms. The molecule has 2 N–H and O–H groups in total. The van der Waals surface area contributed by atoms with Gasteiger partial charge >= 0.3 is 5.97 Å². The topological polar surface area (TPSA) is 97.4 Å². The zero-order valence-corrected chi connectivity index (χ0v) is 15.4. The van der Waals surface area contributed by atoms with Gasteiger partial charge in [0.05, 0.1) is 11.3 Å². The van der Waals surface area contributed by atoms with Crippen LogP contribution in [-0.2, 0) is 14.3 Å². The zero-order chi connectivity index (χ0) is 18.6. The average Bonchev–Trinajstić information content (AvgIpc) is 2.81. The summed E-state index contributed by atoms with van der Waals surface area (Å²) in [6.07, 6.45) is 1.49. The highest BCUT2D eigenvalue weighted by atomic mass is 35.5. The molecule has 0 atom stereocenters. The molecule has 2 aromatic heterocycles. The van der Waals surface area contributed by atoms with Gasteiger partial charge in [0.15, 0.2) is 11.8 Å². The quantitative estimate of drug-likeness (QED) is 0.612. The summed E-state index contributed by atoms with van der Waals surface area (Å²) in [5.74, 6) is -1.52. The zero-order valence-electron chi connectivity index (χ0n) is 13.8. The largest absolute Gasteiger partial charge is 0.452 e. The molecule has 0 fully saturated rings. The van der Waals surface area contributed by atoms with Crippen LogP contribution in [0.3, 0.4) is 0 Å². The minimum Gasteiger partial charge on any atom is -0.452 e. The number of nitrogens with zero attached hydrogens (tertiary/aromatic N) is 1. The van der Waals surface area contributed by atoms with Crippen molar-refractivity contribution in [2.24, 2.45) is 0 Å². The van der Waals surface area contributed by atoms with Gasteiger partial charge < -0.3 is 15.4 Å². The van der Waals surface area contributed by atoms with Gasteiger partial charge in [-0.25, -0.2) is 9.78 Å². The summed E-state index contributed by atoms with van der Waals surface area (Å²) in [4.78, 5) is 40.2. The number of aryl methyl sites for hydroxylation is 1. The number of rotatable bonds is 5. The van der Waals surface area contributed by atoms with Crippen molar-refractivity contribution in [3.05, 3.63) is 39.5 Å². The molecule has 2 amide bonds. The standard InChI is InChI=1S/C16H16ClN3O4S/c1-8-9(2)25-15(19-10(3)21)13(8)16(23)24-7-12(22)20-11-5-4-6-18-14(11)17/h4-6H,7H2,1-3H3,(H,19,21)(H,20,22). The minimum atomic E-state index is -0.682. The first-order chi connectivity index (χ1) is 11.8. The molecule has 9 heteroatoms. The molecule has 2 aromatic rings. The van der Waals surface area contributed by atoms with Crippen LogP contribution in [-0.4, -0.2) is 29.4 Å². The van der Waals surface area contributed by atoms with Crippen LogP contribution in [0.25, 0.3) is 0 Å². The molecule has 0 aliphatic rings. The predicted octanol–water partition coefficient (Wildman–Crippen LogP) is 3.17. The van der Waals surface area contributed by atoms with Crippen molar-refractivity contribution in [1.82, 2.24) is 4.98 Å². The van der Waals surface area contributed by atoms with Crippen molar-refractivity contribution in [3.63, 3.8) is 0 Å². The summed E-state index contributed by atoms with van der Waals surface area (Å²) in [6.45, 7) is 4.45. The maximum Gasteiger partial charge on any atom is 0.341 e. The van der Waals surface area contributed by atoms with Crippen LogP contribution in [0.1, 0.15) is 27.7 Å². The third-order valence-corrected chi connectivity index (χ3v) is 4.67. The van der Waals surface area contributed by atoms with Crippen LogP contribution < -0.4 is 10.6 Å². The van der Waals surface area contributed by atoms with Gasteiger partial charge in [-0.05, 0) is 31.5 Å². The van der Waals surface area contributed by atoms with Crippen LogP contribution in [0.5, 0.6) is 0 Å². The fourth-order valence-electron chi connectivity index (χ4n) is 1.99. The number of hydrogen-bond acceptors (Lipinski definition) is 6. The second-order valence-electron chi connectivity index (χ2n) is 5.13. The van der Waals surface area contributed by atoms with Crippen molar-refractivity contribution < 1.29 is 19.1 Å². The molecule has 0 aliphatic carbocycles. The number of esters is 1. The lowest BCUT2D eigenvalue weighted by atomic mass is 10.1. The van der Waals surface area contributed by atoms with Gasteiger partial charge in [0, 0.05) is 18.0 Å². The van der Waals surface area contributed by atoms with E-state index in [-0.39, 0.29) is 16.6 Å². The van der Waals surface area contributed by atoms with Gasteiger partial charge in [-0.2, -0.15) is 0 Å². The summed E-state index contributed by atoms with van der Waals surface area (Å²) >= 11 is 7.12. The van der Waals surface area contributed by atoms with Gasteiger partial charge in [0.2, 0.25) is 5.91 Å². The average molecular weight is 382 g/mol. The Bertz CT molecular complexity index is 835. The summed E-state index contributed by atoms with van der Waals surface area (Å²) in [5.41, 5.74) is 1.28. The first-order valence-electron chi connectivity index (χ1n) is 7.24.